The molecule has 1 aliphatic rings. The Labute approximate surface area is 188 Å². The van der Waals surface area contributed by atoms with Crippen LogP contribution in [0.4, 0.5) is 0 Å². The van der Waals surface area contributed by atoms with E-state index in [1.54, 1.807) is 13.0 Å². The van der Waals surface area contributed by atoms with E-state index in [9.17, 15) is 9.59 Å². The highest BCUT2D eigenvalue weighted by Gasteiger charge is 2.20. The van der Waals surface area contributed by atoms with Gasteiger partial charge < -0.3 is 19.4 Å². The minimum Gasteiger partial charge on any atom is -0.493 e. The second-order valence-electron chi connectivity index (χ2n) is 8.45. The van der Waals surface area contributed by atoms with Crippen molar-refractivity contribution in [2.75, 3.05) is 26.2 Å². The molecule has 1 fully saturated rings. The molecule has 1 saturated heterocycles. The molecule has 0 bridgehead atoms. The van der Waals surface area contributed by atoms with Crippen LogP contribution in [0.15, 0.2) is 57.7 Å². The molecule has 6 heteroatoms. The van der Waals surface area contributed by atoms with Gasteiger partial charge in [-0.25, -0.2) is 4.79 Å². The Balaban J connectivity index is 1.19. The van der Waals surface area contributed by atoms with Crippen LogP contribution < -0.4 is 15.7 Å². The third kappa shape index (κ3) is 5.19. The van der Waals surface area contributed by atoms with Crippen LogP contribution in [0.3, 0.4) is 0 Å². The fraction of sp³-hybridized carbons (Fsp3) is 0.385. The first-order valence-electron chi connectivity index (χ1n) is 11.3. The molecule has 2 heterocycles. The van der Waals surface area contributed by atoms with Gasteiger partial charge in [-0.1, -0.05) is 18.2 Å². The number of nitrogens with zero attached hydrogens (tertiary/aromatic N) is 1. The Morgan fingerprint density at radius 3 is 2.59 bits per heavy atom. The summed E-state index contributed by atoms with van der Waals surface area (Å²) in [5.41, 5.74) is 2.58. The largest absolute Gasteiger partial charge is 0.493 e. The van der Waals surface area contributed by atoms with Gasteiger partial charge in [0.25, 0.3) is 5.91 Å². The number of piperidine rings is 1. The van der Waals surface area contributed by atoms with E-state index < -0.39 is 0 Å². The zero-order chi connectivity index (χ0) is 22.5. The van der Waals surface area contributed by atoms with Crippen molar-refractivity contribution < 1.29 is 13.9 Å². The van der Waals surface area contributed by atoms with Crippen molar-refractivity contribution in [2.24, 2.45) is 0 Å². The fourth-order valence-corrected chi connectivity index (χ4v) is 4.16. The molecule has 6 nitrogen and oxygen atoms in total. The number of hydrogen-bond donors (Lipinski definition) is 1. The van der Waals surface area contributed by atoms with Crippen molar-refractivity contribution >= 4 is 16.9 Å². The Bertz CT molecular complexity index is 1130. The molecule has 0 saturated carbocycles. The average Bonchev–Trinajstić information content (AvgIpc) is 2.82. The van der Waals surface area contributed by atoms with E-state index in [-0.39, 0.29) is 17.6 Å². The van der Waals surface area contributed by atoms with Crippen LogP contribution in [-0.4, -0.2) is 43.1 Å². The minimum atomic E-state index is -0.296. The quantitative estimate of drug-likeness (QED) is 0.448. The molecule has 1 aliphatic heterocycles. The van der Waals surface area contributed by atoms with Gasteiger partial charge in [0.2, 0.25) is 0 Å². The number of likely N-dealkylation sites (tertiary alicyclic amines) is 1. The number of rotatable bonds is 7. The van der Waals surface area contributed by atoms with Crippen molar-refractivity contribution in [1.29, 1.82) is 0 Å². The maximum absolute atomic E-state index is 12.3. The summed E-state index contributed by atoms with van der Waals surface area (Å²) < 4.78 is 11.3. The number of aryl methyl sites for hydroxylation is 1. The van der Waals surface area contributed by atoms with Crippen LogP contribution in [0, 0.1) is 13.8 Å². The van der Waals surface area contributed by atoms with Gasteiger partial charge in [0, 0.05) is 48.3 Å². The molecule has 32 heavy (non-hydrogen) atoms. The lowest BCUT2D eigenvalue weighted by Gasteiger charge is -2.32. The molecule has 1 aromatic heterocycles. The number of nitrogens with one attached hydrogen (secondary N) is 1. The second-order valence-corrected chi connectivity index (χ2v) is 8.45. The van der Waals surface area contributed by atoms with Crippen molar-refractivity contribution in [3.63, 3.8) is 0 Å². The molecular weight excluding hydrogens is 404 g/mol. The number of amides is 1. The summed E-state index contributed by atoms with van der Waals surface area (Å²) in [6.45, 7) is 7.22. The first-order valence-corrected chi connectivity index (χ1v) is 11.3. The number of hydrogen-bond acceptors (Lipinski definition) is 5. The van der Waals surface area contributed by atoms with Gasteiger partial charge >= 0.3 is 5.63 Å². The van der Waals surface area contributed by atoms with Gasteiger partial charge in [0.05, 0.1) is 6.61 Å². The predicted molar refractivity (Wildman–Crippen MR) is 125 cm³/mol. The Morgan fingerprint density at radius 2 is 1.84 bits per heavy atom. The molecule has 4 rings (SSSR count). The lowest BCUT2D eigenvalue weighted by atomic mass is 10.0. The SMILES string of the molecule is Cc1c(C)c2ccc(OCCCN3CCC(NC(=O)c4ccccc4)CC3)cc2oc1=O. The van der Waals surface area contributed by atoms with E-state index >= 15 is 0 Å². The Morgan fingerprint density at radius 1 is 1.09 bits per heavy atom. The van der Waals surface area contributed by atoms with E-state index in [1.165, 1.54) is 0 Å². The van der Waals surface area contributed by atoms with Gasteiger partial charge in [0.15, 0.2) is 0 Å². The van der Waals surface area contributed by atoms with E-state index in [0.29, 0.717) is 29.1 Å². The smallest absolute Gasteiger partial charge is 0.339 e. The second kappa shape index (κ2) is 10.0. The molecule has 168 valence electrons. The van der Waals surface area contributed by atoms with Gasteiger partial charge in [-0.2, -0.15) is 0 Å². The summed E-state index contributed by atoms with van der Waals surface area (Å²) in [4.78, 5) is 26.6. The van der Waals surface area contributed by atoms with Crippen LogP contribution >= 0.6 is 0 Å². The predicted octanol–water partition coefficient (Wildman–Crippen LogP) is 4.07. The molecule has 0 atom stereocenters. The highest BCUT2D eigenvalue weighted by atomic mass is 16.5. The van der Waals surface area contributed by atoms with E-state index in [0.717, 1.165) is 49.8 Å². The number of benzene rings is 2. The molecule has 0 spiro atoms. The summed E-state index contributed by atoms with van der Waals surface area (Å²) in [6.07, 6.45) is 2.83. The van der Waals surface area contributed by atoms with E-state index in [1.807, 2.05) is 49.4 Å². The fourth-order valence-electron chi connectivity index (χ4n) is 4.16. The van der Waals surface area contributed by atoms with Crippen LogP contribution in [-0.2, 0) is 0 Å². The van der Waals surface area contributed by atoms with Gasteiger partial charge in [-0.15, -0.1) is 0 Å². The lowest BCUT2D eigenvalue weighted by Crippen LogP contribution is -2.45. The van der Waals surface area contributed by atoms with Gasteiger partial charge in [-0.3, -0.25) is 4.79 Å². The molecule has 1 N–H and O–H groups in total. The van der Waals surface area contributed by atoms with Crippen LogP contribution in [0.2, 0.25) is 0 Å². The van der Waals surface area contributed by atoms with Gasteiger partial charge in [-0.05, 0) is 62.9 Å². The van der Waals surface area contributed by atoms with Crippen molar-refractivity contribution in [3.05, 3.63) is 75.6 Å². The van der Waals surface area contributed by atoms with E-state index in [4.69, 9.17) is 9.15 Å². The zero-order valence-electron chi connectivity index (χ0n) is 18.7. The maximum atomic E-state index is 12.3. The summed E-state index contributed by atoms with van der Waals surface area (Å²) in [5, 5.41) is 4.09. The summed E-state index contributed by atoms with van der Waals surface area (Å²) in [7, 11) is 0. The first-order chi connectivity index (χ1) is 15.5. The molecule has 1 amide bonds. The van der Waals surface area contributed by atoms with E-state index in [2.05, 4.69) is 10.2 Å². The third-order valence-corrected chi connectivity index (χ3v) is 6.27. The van der Waals surface area contributed by atoms with Crippen molar-refractivity contribution in [1.82, 2.24) is 10.2 Å². The normalized spacial score (nSPS) is 15.1. The standard InChI is InChI=1S/C26H30N2O4/c1-18-19(2)26(30)32-24-17-22(9-10-23(18)24)31-16-6-13-28-14-11-21(12-15-28)27-25(29)20-7-4-3-5-8-20/h3-5,7-10,17,21H,6,11-16H2,1-2H3,(H,27,29). The molecule has 0 aliphatic carbocycles. The topological polar surface area (TPSA) is 71.8 Å². The zero-order valence-corrected chi connectivity index (χ0v) is 18.7. The van der Waals surface area contributed by atoms with Crippen LogP contribution in [0.1, 0.15) is 40.7 Å². The Hall–Kier alpha value is -3.12. The lowest BCUT2D eigenvalue weighted by molar-refractivity contribution is 0.0909. The number of carbonyl (C=O) groups excluding carboxylic acids is 1. The average molecular weight is 435 g/mol. The Kier molecular flexibility index (Phi) is 6.90. The van der Waals surface area contributed by atoms with Gasteiger partial charge in [0.1, 0.15) is 11.3 Å². The monoisotopic (exact) mass is 434 g/mol. The molecule has 2 aromatic carbocycles. The molecule has 0 radical (unpaired) electrons. The maximum Gasteiger partial charge on any atom is 0.339 e. The van der Waals surface area contributed by atoms with Crippen LogP contribution in [0.5, 0.6) is 5.75 Å². The minimum absolute atomic E-state index is 0.00836. The van der Waals surface area contributed by atoms with Crippen molar-refractivity contribution in [2.45, 2.75) is 39.2 Å². The summed E-state index contributed by atoms with van der Waals surface area (Å²) in [6, 6.07) is 15.3. The summed E-state index contributed by atoms with van der Waals surface area (Å²) >= 11 is 0. The molecular formula is C26H30N2O4. The molecule has 0 unspecified atom stereocenters. The number of fused-ring (bicyclic) bond motifs is 1. The third-order valence-electron chi connectivity index (χ3n) is 6.27. The molecule has 3 aromatic rings. The highest BCUT2D eigenvalue weighted by Crippen LogP contribution is 2.24. The number of ether oxygens (including phenoxy) is 1. The number of carbonyl (C=O) groups is 1. The highest BCUT2D eigenvalue weighted by molar-refractivity contribution is 5.94. The first kappa shape index (κ1) is 22.1. The van der Waals surface area contributed by atoms with Crippen LogP contribution in [0.25, 0.3) is 11.0 Å². The van der Waals surface area contributed by atoms with Crippen molar-refractivity contribution in [3.8, 4) is 5.75 Å². The summed E-state index contributed by atoms with van der Waals surface area (Å²) in [5.74, 6) is 0.722.